The van der Waals surface area contributed by atoms with Crippen molar-refractivity contribution in [3.63, 3.8) is 0 Å². The number of thioether (sulfide) groups is 1. The summed E-state index contributed by atoms with van der Waals surface area (Å²) in [4.78, 5) is 15.7. The van der Waals surface area contributed by atoms with Gasteiger partial charge >= 0.3 is 5.97 Å². The van der Waals surface area contributed by atoms with Crippen molar-refractivity contribution in [1.29, 1.82) is 0 Å². The van der Waals surface area contributed by atoms with Gasteiger partial charge in [-0.2, -0.15) is 0 Å². The lowest BCUT2D eigenvalue weighted by Gasteiger charge is -2.12. The maximum Gasteiger partial charge on any atom is 0.338 e. The highest BCUT2D eigenvalue weighted by molar-refractivity contribution is 7.99. The van der Waals surface area contributed by atoms with Crippen LogP contribution in [-0.2, 0) is 0 Å². The van der Waals surface area contributed by atoms with Crippen molar-refractivity contribution in [2.45, 2.75) is 49.8 Å². The first-order valence-electron chi connectivity index (χ1n) is 5.96. The van der Waals surface area contributed by atoms with Crippen molar-refractivity contribution >= 4 is 17.7 Å². The minimum absolute atomic E-state index is 0.382. The molecule has 0 radical (unpaired) electrons. The molecule has 0 saturated heterocycles. The molecule has 92 valence electrons. The predicted molar refractivity (Wildman–Crippen MR) is 68.8 cm³/mol. The molecule has 0 bridgehead atoms. The average Bonchev–Trinajstić information content (AvgIpc) is 2.68. The average molecular weight is 251 g/mol. The maximum atomic E-state index is 11.3. The van der Waals surface area contributed by atoms with E-state index in [0.29, 0.717) is 15.8 Å². The number of hydrogen-bond donors (Lipinski definition) is 1. The van der Waals surface area contributed by atoms with Gasteiger partial charge in [0, 0.05) is 10.9 Å². The minimum Gasteiger partial charge on any atom is -0.478 e. The molecule has 17 heavy (non-hydrogen) atoms. The van der Waals surface area contributed by atoms with Crippen LogP contribution in [0.1, 0.15) is 47.3 Å². The Hall–Kier alpha value is -1.03. The maximum absolute atomic E-state index is 11.3. The molecule has 0 amide bonds. The molecule has 1 aliphatic rings. The van der Waals surface area contributed by atoms with Crippen molar-refractivity contribution in [2.24, 2.45) is 0 Å². The van der Waals surface area contributed by atoms with Gasteiger partial charge in [-0.05, 0) is 38.3 Å². The quantitative estimate of drug-likeness (QED) is 0.894. The zero-order chi connectivity index (χ0) is 12.4. The van der Waals surface area contributed by atoms with Gasteiger partial charge in [-0.1, -0.05) is 12.8 Å². The number of carboxylic acid groups (broad SMARTS) is 1. The summed E-state index contributed by atoms with van der Waals surface area (Å²) in [5.41, 5.74) is 2.09. The Morgan fingerprint density at radius 1 is 1.41 bits per heavy atom. The van der Waals surface area contributed by atoms with Gasteiger partial charge < -0.3 is 5.11 Å². The second kappa shape index (κ2) is 5.08. The van der Waals surface area contributed by atoms with Crippen molar-refractivity contribution in [1.82, 2.24) is 4.98 Å². The Kier molecular flexibility index (Phi) is 3.72. The fourth-order valence-electron chi connectivity index (χ4n) is 2.31. The van der Waals surface area contributed by atoms with E-state index in [4.69, 9.17) is 0 Å². The molecule has 1 N–H and O–H groups in total. The molecule has 0 unspecified atom stereocenters. The van der Waals surface area contributed by atoms with Gasteiger partial charge in [0.2, 0.25) is 0 Å². The molecule has 1 heterocycles. The molecule has 0 aromatic carbocycles. The van der Waals surface area contributed by atoms with Crippen LogP contribution in [0.2, 0.25) is 0 Å². The molecular weight excluding hydrogens is 234 g/mol. The highest BCUT2D eigenvalue weighted by atomic mass is 32.2. The number of aromatic carboxylic acids is 1. The van der Waals surface area contributed by atoms with E-state index in [0.717, 1.165) is 11.3 Å². The highest BCUT2D eigenvalue weighted by Crippen LogP contribution is 2.36. The van der Waals surface area contributed by atoms with Crippen LogP contribution in [-0.4, -0.2) is 21.3 Å². The number of aromatic nitrogens is 1. The molecule has 0 atom stereocenters. The molecule has 4 heteroatoms. The fraction of sp³-hybridized carbons (Fsp3) is 0.538. The van der Waals surface area contributed by atoms with Crippen LogP contribution < -0.4 is 0 Å². The Balaban J connectivity index is 2.32. The summed E-state index contributed by atoms with van der Waals surface area (Å²) in [6, 6.07) is 1.84. The molecule has 3 nitrogen and oxygen atoms in total. The zero-order valence-electron chi connectivity index (χ0n) is 10.2. The lowest BCUT2D eigenvalue weighted by Crippen LogP contribution is -2.07. The third-order valence-corrected chi connectivity index (χ3v) is 4.43. The summed E-state index contributed by atoms with van der Waals surface area (Å²) < 4.78 is 0. The van der Waals surface area contributed by atoms with Crippen LogP contribution in [0.3, 0.4) is 0 Å². The van der Waals surface area contributed by atoms with E-state index in [1.54, 1.807) is 11.8 Å². The second-order valence-electron chi connectivity index (χ2n) is 4.59. The number of carboxylic acids is 1. The van der Waals surface area contributed by atoms with Gasteiger partial charge in [-0.3, -0.25) is 0 Å². The van der Waals surface area contributed by atoms with Gasteiger partial charge in [0.25, 0.3) is 0 Å². The van der Waals surface area contributed by atoms with Gasteiger partial charge in [-0.25, -0.2) is 9.78 Å². The molecule has 0 aliphatic heterocycles. The standard InChI is InChI=1S/C13H17NO2S/c1-8-7-9(2)14-12(11(8)13(15)16)17-10-5-3-4-6-10/h7,10H,3-6H2,1-2H3,(H,15,16). The minimum atomic E-state index is -0.865. The normalized spacial score (nSPS) is 16.4. The number of pyridine rings is 1. The summed E-state index contributed by atoms with van der Waals surface area (Å²) >= 11 is 1.64. The number of carbonyl (C=O) groups is 1. The molecule has 0 spiro atoms. The van der Waals surface area contributed by atoms with E-state index in [-0.39, 0.29) is 0 Å². The smallest absolute Gasteiger partial charge is 0.338 e. The first-order valence-corrected chi connectivity index (χ1v) is 6.84. The second-order valence-corrected chi connectivity index (χ2v) is 5.88. The van der Waals surface area contributed by atoms with Crippen molar-refractivity contribution < 1.29 is 9.90 Å². The van der Waals surface area contributed by atoms with E-state index in [9.17, 15) is 9.90 Å². The monoisotopic (exact) mass is 251 g/mol. The summed E-state index contributed by atoms with van der Waals surface area (Å²) in [6.45, 7) is 3.76. The number of nitrogens with zero attached hydrogens (tertiary/aromatic N) is 1. The van der Waals surface area contributed by atoms with E-state index < -0.39 is 5.97 Å². The fourth-order valence-corrected chi connectivity index (χ4v) is 3.76. The SMILES string of the molecule is Cc1cc(C)c(C(=O)O)c(SC2CCCC2)n1. The molecule has 1 fully saturated rings. The van der Waals surface area contributed by atoms with E-state index in [2.05, 4.69) is 4.98 Å². The van der Waals surface area contributed by atoms with Gasteiger partial charge in [0.15, 0.2) is 0 Å². The van der Waals surface area contributed by atoms with E-state index >= 15 is 0 Å². The summed E-state index contributed by atoms with van der Waals surface area (Å²) in [5, 5.41) is 10.5. The van der Waals surface area contributed by atoms with Crippen molar-refractivity contribution in [3.8, 4) is 0 Å². The predicted octanol–water partition coefficient (Wildman–Crippen LogP) is 3.43. The molecular formula is C13H17NO2S. The molecule has 1 aromatic heterocycles. The number of rotatable bonds is 3. The molecule has 1 aliphatic carbocycles. The Bertz CT molecular complexity index is 439. The number of hydrogen-bond acceptors (Lipinski definition) is 3. The van der Waals surface area contributed by atoms with Gasteiger partial charge in [0.1, 0.15) is 5.03 Å². The molecule has 1 saturated carbocycles. The molecule has 1 aromatic rings. The lowest BCUT2D eigenvalue weighted by atomic mass is 10.1. The van der Waals surface area contributed by atoms with Crippen LogP contribution in [0, 0.1) is 13.8 Å². The Labute approximate surface area is 106 Å². The van der Waals surface area contributed by atoms with Gasteiger partial charge in [-0.15, -0.1) is 11.8 Å². The Morgan fingerprint density at radius 3 is 2.65 bits per heavy atom. The van der Waals surface area contributed by atoms with E-state index in [1.807, 2.05) is 19.9 Å². The molecule has 2 rings (SSSR count). The third-order valence-electron chi connectivity index (χ3n) is 3.11. The zero-order valence-corrected chi connectivity index (χ0v) is 11.0. The summed E-state index contributed by atoms with van der Waals surface area (Å²) in [5.74, 6) is -0.865. The third kappa shape index (κ3) is 2.80. The lowest BCUT2D eigenvalue weighted by molar-refractivity contribution is 0.0691. The first-order chi connectivity index (χ1) is 8.08. The summed E-state index contributed by atoms with van der Waals surface area (Å²) in [6.07, 6.45) is 4.87. The van der Waals surface area contributed by atoms with Crippen LogP contribution >= 0.6 is 11.8 Å². The number of aryl methyl sites for hydroxylation is 2. The van der Waals surface area contributed by atoms with Crippen LogP contribution in [0.15, 0.2) is 11.1 Å². The largest absolute Gasteiger partial charge is 0.478 e. The highest BCUT2D eigenvalue weighted by Gasteiger charge is 2.22. The van der Waals surface area contributed by atoms with Crippen LogP contribution in [0.25, 0.3) is 0 Å². The van der Waals surface area contributed by atoms with Crippen LogP contribution in [0.4, 0.5) is 0 Å². The topological polar surface area (TPSA) is 50.2 Å². The first kappa shape index (κ1) is 12.4. The van der Waals surface area contributed by atoms with Crippen molar-refractivity contribution in [2.75, 3.05) is 0 Å². The van der Waals surface area contributed by atoms with Gasteiger partial charge in [0.05, 0.1) is 5.56 Å². The van der Waals surface area contributed by atoms with Crippen LogP contribution in [0.5, 0.6) is 0 Å². The Morgan fingerprint density at radius 2 is 2.06 bits per heavy atom. The van der Waals surface area contributed by atoms with Crippen molar-refractivity contribution in [3.05, 3.63) is 22.9 Å². The van der Waals surface area contributed by atoms with E-state index in [1.165, 1.54) is 25.7 Å². The summed E-state index contributed by atoms with van der Waals surface area (Å²) in [7, 11) is 0.